The molecule has 180 valence electrons. The van der Waals surface area contributed by atoms with Crippen LogP contribution in [0.15, 0.2) is 42.5 Å². The van der Waals surface area contributed by atoms with Crippen LogP contribution in [0.2, 0.25) is 0 Å². The Kier molecular flexibility index (Phi) is 4.86. The van der Waals surface area contributed by atoms with Crippen LogP contribution in [0.25, 0.3) is 0 Å². The maximum absolute atomic E-state index is 14.0. The number of imide groups is 1. The maximum Gasteiger partial charge on any atom is 0.338 e. The van der Waals surface area contributed by atoms with Gasteiger partial charge in [0.2, 0.25) is 17.7 Å². The van der Waals surface area contributed by atoms with Crippen molar-refractivity contribution in [1.29, 1.82) is 0 Å². The molecule has 0 radical (unpaired) electrons. The Hall–Kier alpha value is -3.52. The first kappa shape index (κ1) is 22.0. The SMILES string of the molecule is CCOC(=O)c1ccc(N2C(=O)[C@H]3[C@@H](C2=O)[C@]2(C(=O)Nc4c(CC)cccc42)N2CCC[C@@H]32)cc1. The molecule has 2 aromatic carbocycles. The highest BCUT2D eigenvalue weighted by Crippen LogP contribution is 2.61. The number of nitrogens with one attached hydrogen (secondary N) is 1. The van der Waals surface area contributed by atoms with Crippen molar-refractivity contribution >= 4 is 35.1 Å². The van der Waals surface area contributed by atoms with Crippen LogP contribution in [-0.4, -0.2) is 47.8 Å². The van der Waals surface area contributed by atoms with Gasteiger partial charge < -0.3 is 10.1 Å². The molecule has 8 heteroatoms. The molecule has 3 saturated heterocycles. The van der Waals surface area contributed by atoms with Gasteiger partial charge in [-0.05, 0) is 62.6 Å². The zero-order valence-corrected chi connectivity index (χ0v) is 19.7. The number of nitrogens with zero attached hydrogens (tertiary/aromatic N) is 2. The lowest BCUT2D eigenvalue weighted by molar-refractivity contribution is -0.135. The first-order valence-electron chi connectivity index (χ1n) is 12.3. The molecular weight excluding hydrogens is 446 g/mol. The minimum Gasteiger partial charge on any atom is -0.462 e. The molecule has 1 spiro atoms. The molecule has 3 fully saturated rings. The third-order valence-electron chi connectivity index (χ3n) is 8.13. The number of fused-ring (bicyclic) bond motifs is 7. The lowest BCUT2D eigenvalue weighted by Crippen LogP contribution is -2.54. The summed E-state index contributed by atoms with van der Waals surface area (Å²) in [4.78, 5) is 57.0. The summed E-state index contributed by atoms with van der Waals surface area (Å²) in [5.74, 6) is -2.68. The maximum atomic E-state index is 14.0. The average molecular weight is 474 g/mol. The van der Waals surface area contributed by atoms with Gasteiger partial charge in [0, 0.05) is 17.3 Å². The topological polar surface area (TPSA) is 96.0 Å². The van der Waals surface area contributed by atoms with Gasteiger partial charge in [-0.1, -0.05) is 25.1 Å². The summed E-state index contributed by atoms with van der Waals surface area (Å²) >= 11 is 0. The summed E-state index contributed by atoms with van der Waals surface area (Å²) in [6.07, 6.45) is 2.40. The molecule has 3 amide bonds. The van der Waals surface area contributed by atoms with Crippen LogP contribution in [0.3, 0.4) is 0 Å². The number of rotatable bonds is 4. The van der Waals surface area contributed by atoms with Gasteiger partial charge in [0.05, 0.1) is 29.7 Å². The third kappa shape index (κ3) is 2.71. The molecule has 6 rings (SSSR count). The molecule has 0 aromatic heterocycles. The Morgan fingerprint density at radius 2 is 1.86 bits per heavy atom. The number of aryl methyl sites for hydroxylation is 1. The van der Waals surface area contributed by atoms with Crippen molar-refractivity contribution in [2.24, 2.45) is 11.8 Å². The smallest absolute Gasteiger partial charge is 0.338 e. The molecule has 4 heterocycles. The first-order chi connectivity index (χ1) is 16.9. The highest BCUT2D eigenvalue weighted by atomic mass is 16.5. The predicted octanol–water partition coefficient (Wildman–Crippen LogP) is 2.86. The van der Waals surface area contributed by atoms with E-state index < -0.39 is 23.3 Å². The molecule has 2 aromatic rings. The lowest BCUT2D eigenvalue weighted by atomic mass is 9.75. The summed E-state index contributed by atoms with van der Waals surface area (Å²) in [6.45, 7) is 4.70. The first-order valence-corrected chi connectivity index (χ1v) is 12.3. The fourth-order valence-electron chi connectivity index (χ4n) is 6.80. The second kappa shape index (κ2) is 7.75. The van der Waals surface area contributed by atoms with Gasteiger partial charge >= 0.3 is 5.97 Å². The van der Waals surface area contributed by atoms with Gasteiger partial charge in [0.1, 0.15) is 5.54 Å². The Morgan fingerprint density at radius 3 is 2.57 bits per heavy atom. The molecule has 8 nitrogen and oxygen atoms in total. The summed E-state index contributed by atoms with van der Waals surface area (Å²) in [5, 5.41) is 3.08. The highest BCUT2D eigenvalue weighted by Gasteiger charge is 2.74. The van der Waals surface area contributed by atoms with E-state index in [9.17, 15) is 19.2 Å². The summed E-state index contributed by atoms with van der Waals surface area (Å²) in [5.41, 5.74) is 2.19. The van der Waals surface area contributed by atoms with Crippen LogP contribution >= 0.6 is 0 Å². The van der Waals surface area contributed by atoms with Crippen molar-refractivity contribution in [3.05, 3.63) is 59.2 Å². The van der Waals surface area contributed by atoms with Crippen molar-refractivity contribution in [3.63, 3.8) is 0 Å². The van der Waals surface area contributed by atoms with Crippen molar-refractivity contribution < 1.29 is 23.9 Å². The van der Waals surface area contributed by atoms with Gasteiger partial charge in [-0.3, -0.25) is 19.3 Å². The van der Waals surface area contributed by atoms with Crippen LogP contribution in [-0.2, 0) is 31.1 Å². The molecule has 4 atom stereocenters. The van der Waals surface area contributed by atoms with E-state index in [2.05, 4.69) is 10.2 Å². The van der Waals surface area contributed by atoms with E-state index in [0.29, 0.717) is 17.8 Å². The highest BCUT2D eigenvalue weighted by molar-refractivity contribution is 6.26. The predicted molar refractivity (Wildman–Crippen MR) is 128 cm³/mol. The lowest BCUT2D eigenvalue weighted by Gasteiger charge is -2.36. The van der Waals surface area contributed by atoms with Crippen LogP contribution in [0.5, 0.6) is 0 Å². The zero-order valence-electron chi connectivity index (χ0n) is 19.7. The quantitative estimate of drug-likeness (QED) is 0.542. The molecule has 1 N–H and O–H groups in total. The summed E-state index contributed by atoms with van der Waals surface area (Å²) in [6, 6.07) is 12.0. The number of esters is 1. The number of carbonyl (C=O) groups is 4. The third-order valence-corrected chi connectivity index (χ3v) is 8.13. The minimum absolute atomic E-state index is 0.165. The summed E-state index contributed by atoms with van der Waals surface area (Å²) < 4.78 is 5.03. The average Bonchev–Trinajstić information content (AvgIpc) is 3.57. The second-order valence-corrected chi connectivity index (χ2v) is 9.60. The van der Waals surface area contributed by atoms with Crippen molar-refractivity contribution in [2.45, 2.75) is 44.7 Å². The molecule has 4 aliphatic rings. The number of para-hydroxylation sites is 1. The van der Waals surface area contributed by atoms with E-state index in [0.717, 1.165) is 36.1 Å². The van der Waals surface area contributed by atoms with E-state index in [1.54, 1.807) is 31.2 Å². The molecule has 35 heavy (non-hydrogen) atoms. The van der Waals surface area contributed by atoms with E-state index in [4.69, 9.17) is 4.74 Å². The Labute approximate surface area is 203 Å². The van der Waals surface area contributed by atoms with Gasteiger partial charge in [0.25, 0.3) is 0 Å². The summed E-state index contributed by atoms with van der Waals surface area (Å²) in [7, 11) is 0. The number of hydrogen-bond donors (Lipinski definition) is 1. The van der Waals surface area contributed by atoms with Gasteiger partial charge in [-0.25, -0.2) is 9.69 Å². The van der Waals surface area contributed by atoms with Gasteiger partial charge in [-0.2, -0.15) is 0 Å². The van der Waals surface area contributed by atoms with Gasteiger partial charge in [-0.15, -0.1) is 0 Å². The second-order valence-electron chi connectivity index (χ2n) is 9.60. The number of benzene rings is 2. The van der Waals surface area contributed by atoms with Gasteiger partial charge in [0.15, 0.2) is 0 Å². The van der Waals surface area contributed by atoms with Crippen molar-refractivity contribution in [3.8, 4) is 0 Å². The molecule has 4 aliphatic heterocycles. The van der Waals surface area contributed by atoms with Crippen LogP contribution in [0, 0.1) is 11.8 Å². The van der Waals surface area contributed by atoms with E-state index in [1.807, 2.05) is 25.1 Å². The minimum atomic E-state index is -1.18. The Morgan fingerprint density at radius 1 is 1.09 bits per heavy atom. The van der Waals surface area contributed by atoms with E-state index in [-0.39, 0.29) is 30.4 Å². The van der Waals surface area contributed by atoms with Crippen LogP contribution in [0.1, 0.15) is 48.2 Å². The number of hydrogen-bond acceptors (Lipinski definition) is 6. The molecule has 0 bridgehead atoms. The molecule has 0 aliphatic carbocycles. The van der Waals surface area contributed by atoms with Crippen molar-refractivity contribution in [2.75, 3.05) is 23.4 Å². The number of carbonyl (C=O) groups excluding carboxylic acids is 4. The Bertz CT molecular complexity index is 1270. The largest absolute Gasteiger partial charge is 0.462 e. The molecule has 0 saturated carbocycles. The molecule has 0 unspecified atom stereocenters. The van der Waals surface area contributed by atoms with Crippen molar-refractivity contribution in [1.82, 2.24) is 4.90 Å². The zero-order chi connectivity index (χ0) is 24.5. The van der Waals surface area contributed by atoms with Crippen LogP contribution < -0.4 is 10.2 Å². The number of anilines is 2. The van der Waals surface area contributed by atoms with Crippen LogP contribution in [0.4, 0.5) is 11.4 Å². The number of amides is 3. The standard InChI is InChI=1S/C27H27N3O5/c1-3-15-7-5-8-18-22(15)28-26(34)27(18)21-20(19-9-6-14-29(19)27)23(31)30(24(21)32)17-12-10-16(11-13-17)25(33)35-4-2/h5,7-8,10-13,19-21H,3-4,6,9,14H2,1-2H3,(H,28,34)/t19-,20+,21-,27+/m0/s1. The number of ether oxygens (including phenoxy) is 1. The fourth-order valence-corrected chi connectivity index (χ4v) is 6.80. The normalized spacial score (nSPS) is 28.9. The van der Waals surface area contributed by atoms with E-state index >= 15 is 0 Å². The van der Waals surface area contributed by atoms with E-state index in [1.165, 1.54) is 4.90 Å². The fraction of sp³-hybridized carbons (Fsp3) is 0.407. The monoisotopic (exact) mass is 473 g/mol. The molecular formula is C27H27N3O5. The Balaban J connectivity index is 1.45.